The lowest BCUT2D eigenvalue weighted by atomic mass is 10.1. The van der Waals surface area contributed by atoms with E-state index < -0.39 is 12.0 Å². The summed E-state index contributed by atoms with van der Waals surface area (Å²) in [5, 5.41) is 20.4. The molecular formula is C18H17FN4O2. The minimum absolute atomic E-state index is 0.0121. The van der Waals surface area contributed by atoms with E-state index in [0.29, 0.717) is 5.56 Å². The largest absolute Gasteiger partial charge is 0.387 e. The fraction of sp³-hybridized carbons (Fsp3) is 0.167. The molecule has 6 nitrogen and oxygen atoms in total. The van der Waals surface area contributed by atoms with Gasteiger partial charge in [0.05, 0.1) is 18.0 Å². The number of benzene rings is 2. The Morgan fingerprint density at radius 2 is 2.04 bits per heavy atom. The fourth-order valence-electron chi connectivity index (χ4n) is 2.35. The summed E-state index contributed by atoms with van der Waals surface area (Å²) in [4.78, 5) is 12.1. The number of carbonyl (C=O) groups is 1. The molecule has 0 fully saturated rings. The zero-order valence-electron chi connectivity index (χ0n) is 13.6. The van der Waals surface area contributed by atoms with Crippen LogP contribution in [0.3, 0.4) is 0 Å². The van der Waals surface area contributed by atoms with Crippen LogP contribution in [0.25, 0.3) is 5.69 Å². The van der Waals surface area contributed by atoms with Crippen LogP contribution >= 0.6 is 0 Å². The highest BCUT2D eigenvalue weighted by Crippen LogP contribution is 2.13. The predicted molar refractivity (Wildman–Crippen MR) is 89.8 cm³/mol. The number of hydrogen-bond donors (Lipinski definition) is 2. The fourth-order valence-corrected chi connectivity index (χ4v) is 2.35. The highest BCUT2D eigenvalue weighted by Gasteiger charge is 2.14. The van der Waals surface area contributed by atoms with Crippen molar-refractivity contribution in [1.29, 1.82) is 0 Å². The van der Waals surface area contributed by atoms with Crippen molar-refractivity contribution in [1.82, 2.24) is 20.3 Å². The van der Waals surface area contributed by atoms with Gasteiger partial charge >= 0.3 is 0 Å². The van der Waals surface area contributed by atoms with Crippen LogP contribution < -0.4 is 5.32 Å². The average Bonchev–Trinajstić information content (AvgIpc) is 3.10. The van der Waals surface area contributed by atoms with Crippen molar-refractivity contribution in [2.45, 2.75) is 13.0 Å². The molecule has 1 amide bonds. The normalized spacial score (nSPS) is 12.0. The second-order valence-corrected chi connectivity index (χ2v) is 5.66. The van der Waals surface area contributed by atoms with Gasteiger partial charge in [0.25, 0.3) is 5.91 Å². The standard InChI is InChI=1S/C18H17FN4O2/c1-12-3-2-4-15(9-12)23-11-16(21-22-23)18(25)20-10-17(24)13-5-7-14(19)8-6-13/h2-9,11,17,24H,10H2,1H3,(H,20,25). The van der Waals surface area contributed by atoms with Gasteiger partial charge in [0.1, 0.15) is 5.82 Å². The van der Waals surface area contributed by atoms with Gasteiger partial charge < -0.3 is 10.4 Å². The monoisotopic (exact) mass is 340 g/mol. The lowest BCUT2D eigenvalue weighted by Gasteiger charge is -2.11. The van der Waals surface area contributed by atoms with Crippen LogP contribution in [0.15, 0.2) is 54.7 Å². The Kier molecular flexibility index (Phi) is 4.85. The molecule has 0 saturated carbocycles. The molecule has 0 saturated heterocycles. The van der Waals surface area contributed by atoms with Gasteiger partial charge in [-0.25, -0.2) is 9.07 Å². The first-order valence-electron chi connectivity index (χ1n) is 7.74. The van der Waals surface area contributed by atoms with E-state index in [4.69, 9.17) is 0 Å². The van der Waals surface area contributed by atoms with Crippen molar-refractivity contribution in [3.63, 3.8) is 0 Å². The molecule has 0 aliphatic rings. The molecule has 1 aromatic heterocycles. The maximum Gasteiger partial charge on any atom is 0.273 e. The van der Waals surface area contributed by atoms with Crippen molar-refractivity contribution >= 4 is 5.91 Å². The molecule has 0 spiro atoms. The van der Waals surface area contributed by atoms with Crippen LogP contribution in [0.2, 0.25) is 0 Å². The number of aryl methyl sites for hydroxylation is 1. The van der Waals surface area contributed by atoms with Gasteiger partial charge in [-0.2, -0.15) is 0 Å². The molecule has 1 unspecified atom stereocenters. The Labute approximate surface area is 143 Å². The molecule has 0 bridgehead atoms. The number of nitrogens with zero attached hydrogens (tertiary/aromatic N) is 3. The van der Waals surface area contributed by atoms with Gasteiger partial charge in [-0.05, 0) is 42.3 Å². The van der Waals surface area contributed by atoms with Crippen LogP contribution in [0, 0.1) is 12.7 Å². The summed E-state index contributed by atoms with van der Waals surface area (Å²) in [6.07, 6.45) is 0.588. The van der Waals surface area contributed by atoms with E-state index in [1.807, 2.05) is 31.2 Å². The summed E-state index contributed by atoms with van der Waals surface area (Å²) in [5.41, 5.74) is 2.54. The first kappa shape index (κ1) is 16.8. The van der Waals surface area contributed by atoms with Gasteiger partial charge in [-0.1, -0.05) is 29.5 Å². The van der Waals surface area contributed by atoms with Gasteiger partial charge in [0.15, 0.2) is 5.69 Å². The smallest absolute Gasteiger partial charge is 0.273 e. The third-order valence-corrected chi connectivity index (χ3v) is 3.70. The molecule has 3 aromatic rings. The number of amides is 1. The topological polar surface area (TPSA) is 80.0 Å². The predicted octanol–water partition coefficient (Wildman–Crippen LogP) is 2.18. The quantitative estimate of drug-likeness (QED) is 0.746. The van der Waals surface area contributed by atoms with E-state index in [1.165, 1.54) is 35.1 Å². The maximum atomic E-state index is 12.9. The number of aliphatic hydroxyl groups is 1. The summed E-state index contributed by atoms with van der Waals surface area (Å²) in [7, 11) is 0. The van der Waals surface area contributed by atoms with E-state index in [9.17, 15) is 14.3 Å². The average molecular weight is 340 g/mol. The summed E-state index contributed by atoms with van der Waals surface area (Å²) < 4.78 is 14.4. The Morgan fingerprint density at radius 1 is 1.28 bits per heavy atom. The molecule has 128 valence electrons. The second kappa shape index (κ2) is 7.23. The van der Waals surface area contributed by atoms with E-state index in [1.54, 1.807) is 0 Å². The molecule has 3 rings (SSSR count). The highest BCUT2D eigenvalue weighted by atomic mass is 19.1. The van der Waals surface area contributed by atoms with Crippen molar-refractivity contribution in [2.24, 2.45) is 0 Å². The van der Waals surface area contributed by atoms with Crippen molar-refractivity contribution in [3.05, 3.63) is 77.4 Å². The summed E-state index contributed by atoms with van der Waals surface area (Å²) in [5.74, 6) is -0.826. The van der Waals surface area contributed by atoms with E-state index in [0.717, 1.165) is 11.3 Å². The van der Waals surface area contributed by atoms with Crippen LogP contribution in [0.4, 0.5) is 4.39 Å². The first-order chi connectivity index (χ1) is 12.0. The third kappa shape index (κ3) is 4.07. The summed E-state index contributed by atoms with van der Waals surface area (Å²) in [6, 6.07) is 13.1. The van der Waals surface area contributed by atoms with E-state index in [2.05, 4.69) is 15.6 Å². The first-order valence-corrected chi connectivity index (χ1v) is 7.74. The van der Waals surface area contributed by atoms with Crippen LogP contribution in [0.5, 0.6) is 0 Å². The molecule has 25 heavy (non-hydrogen) atoms. The lowest BCUT2D eigenvalue weighted by molar-refractivity contribution is 0.0911. The lowest BCUT2D eigenvalue weighted by Crippen LogP contribution is -2.28. The number of nitrogens with one attached hydrogen (secondary N) is 1. The molecule has 0 aliphatic heterocycles. The SMILES string of the molecule is Cc1cccc(-n2cc(C(=O)NCC(O)c3ccc(F)cc3)nn2)c1. The third-order valence-electron chi connectivity index (χ3n) is 3.70. The van der Waals surface area contributed by atoms with Crippen molar-refractivity contribution in [3.8, 4) is 5.69 Å². The molecule has 1 heterocycles. The van der Waals surface area contributed by atoms with Crippen LogP contribution in [0.1, 0.15) is 27.7 Å². The van der Waals surface area contributed by atoms with Gasteiger partial charge in [-0.15, -0.1) is 5.10 Å². The maximum absolute atomic E-state index is 12.9. The Morgan fingerprint density at radius 3 is 2.76 bits per heavy atom. The molecule has 2 N–H and O–H groups in total. The molecule has 0 radical (unpaired) electrons. The molecule has 2 aromatic carbocycles. The number of rotatable bonds is 5. The van der Waals surface area contributed by atoms with Crippen molar-refractivity contribution < 1.29 is 14.3 Å². The van der Waals surface area contributed by atoms with Gasteiger partial charge in [-0.3, -0.25) is 4.79 Å². The second-order valence-electron chi connectivity index (χ2n) is 5.66. The molecule has 7 heteroatoms. The molecule has 0 aliphatic carbocycles. The number of halogens is 1. The number of carbonyl (C=O) groups excluding carboxylic acids is 1. The number of aliphatic hydroxyl groups excluding tert-OH is 1. The molecular weight excluding hydrogens is 323 g/mol. The highest BCUT2D eigenvalue weighted by molar-refractivity contribution is 5.91. The minimum atomic E-state index is -0.934. The number of hydrogen-bond acceptors (Lipinski definition) is 4. The van der Waals surface area contributed by atoms with Crippen LogP contribution in [-0.4, -0.2) is 32.6 Å². The van der Waals surface area contributed by atoms with E-state index in [-0.39, 0.29) is 18.1 Å². The molecule has 1 atom stereocenters. The number of aromatic nitrogens is 3. The summed E-state index contributed by atoms with van der Waals surface area (Å²) in [6.45, 7) is 1.95. The Bertz CT molecular complexity index is 877. The Balaban J connectivity index is 1.63. The summed E-state index contributed by atoms with van der Waals surface area (Å²) >= 11 is 0. The van der Waals surface area contributed by atoms with Crippen LogP contribution in [-0.2, 0) is 0 Å². The van der Waals surface area contributed by atoms with Gasteiger partial charge in [0.2, 0.25) is 0 Å². The van der Waals surface area contributed by atoms with Gasteiger partial charge in [0, 0.05) is 6.54 Å². The Hall–Kier alpha value is -3.06. The van der Waals surface area contributed by atoms with E-state index >= 15 is 0 Å². The van der Waals surface area contributed by atoms with Crippen molar-refractivity contribution in [2.75, 3.05) is 6.54 Å². The minimum Gasteiger partial charge on any atom is -0.387 e. The zero-order valence-corrected chi connectivity index (χ0v) is 13.6. The zero-order chi connectivity index (χ0) is 17.8.